The number of anilines is 1. The van der Waals surface area contributed by atoms with Crippen molar-refractivity contribution in [1.29, 1.82) is 0 Å². The van der Waals surface area contributed by atoms with Gasteiger partial charge in [-0.1, -0.05) is 32.0 Å². The Kier molecular flexibility index (Phi) is 4.20. The average Bonchev–Trinajstić information content (AvgIpc) is 2.75. The molecule has 0 aliphatic rings. The maximum absolute atomic E-state index is 5.82. The third-order valence-electron chi connectivity index (χ3n) is 1.79. The van der Waals surface area contributed by atoms with Gasteiger partial charge in [-0.3, -0.25) is 0 Å². The molecule has 0 saturated carbocycles. The highest BCUT2D eigenvalue weighted by molar-refractivity contribution is 7.08. The minimum absolute atomic E-state index is 0.843. The molecule has 0 aliphatic heterocycles. The van der Waals surface area contributed by atoms with E-state index >= 15 is 0 Å². The highest BCUT2D eigenvalue weighted by Crippen LogP contribution is 2.26. The van der Waals surface area contributed by atoms with Crippen molar-refractivity contribution in [3.05, 3.63) is 41.1 Å². The van der Waals surface area contributed by atoms with Gasteiger partial charge in [0.15, 0.2) is 0 Å². The second-order valence-corrected chi connectivity index (χ2v) is 3.38. The molecule has 0 atom stereocenters. The van der Waals surface area contributed by atoms with E-state index in [9.17, 15) is 0 Å². The molecule has 2 heteroatoms. The van der Waals surface area contributed by atoms with Gasteiger partial charge in [-0.2, -0.15) is 11.3 Å². The lowest BCUT2D eigenvalue weighted by atomic mass is 10.1. The first-order valence-corrected chi connectivity index (χ1v) is 5.69. The van der Waals surface area contributed by atoms with Crippen molar-refractivity contribution < 1.29 is 0 Å². The predicted molar refractivity (Wildman–Crippen MR) is 65.5 cm³/mol. The second-order valence-electron chi connectivity index (χ2n) is 2.60. The Morgan fingerprint density at radius 1 is 1.07 bits per heavy atom. The Labute approximate surface area is 89.2 Å². The summed E-state index contributed by atoms with van der Waals surface area (Å²) in [7, 11) is 0. The molecule has 1 aromatic heterocycles. The molecule has 74 valence electrons. The molecule has 0 bridgehead atoms. The Morgan fingerprint density at radius 2 is 1.79 bits per heavy atom. The lowest BCUT2D eigenvalue weighted by Gasteiger charge is -2.00. The minimum atomic E-state index is 0.843. The van der Waals surface area contributed by atoms with Crippen molar-refractivity contribution in [1.82, 2.24) is 0 Å². The lowest BCUT2D eigenvalue weighted by Crippen LogP contribution is -1.87. The summed E-state index contributed by atoms with van der Waals surface area (Å²) in [6.07, 6.45) is 0. The van der Waals surface area contributed by atoms with Crippen LogP contribution in [0, 0.1) is 0 Å². The maximum Gasteiger partial charge on any atom is 0.0394 e. The molecule has 2 aromatic rings. The maximum atomic E-state index is 5.82. The molecule has 0 spiro atoms. The van der Waals surface area contributed by atoms with Crippen molar-refractivity contribution in [3.8, 4) is 11.1 Å². The molecule has 0 unspecified atom stereocenters. The number of thiophene rings is 1. The van der Waals surface area contributed by atoms with Crippen LogP contribution in [0.5, 0.6) is 0 Å². The monoisotopic (exact) mass is 205 g/mol. The number of nitrogens with two attached hydrogens (primary N) is 1. The molecule has 1 aromatic carbocycles. The molecular formula is C12H15NS. The van der Waals surface area contributed by atoms with Gasteiger partial charge in [0, 0.05) is 11.3 Å². The van der Waals surface area contributed by atoms with Crippen molar-refractivity contribution in [3.63, 3.8) is 0 Å². The van der Waals surface area contributed by atoms with Crippen LogP contribution in [0.3, 0.4) is 0 Å². The smallest absolute Gasteiger partial charge is 0.0394 e. The van der Waals surface area contributed by atoms with Crippen LogP contribution in [-0.2, 0) is 0 Å². The largest absolute Gasteiger partial charge is 0.398 e. The van der Waals surface area contributed by atoms with Gasteiger partial charge in [-0.05, 0) is 28.5 Å². The van der Waals surface area contributed by atoms with Crippen LogP contribution in [0.2, 0.25) is 0 Å². The highest BCUT2D eigenvalue weighted by Gasteiger charge is 1.99. The quantitative estimate of drug-likeness (QED) is 0.699. The Bertz CT molecular complexity index is 366. The van der Waals surface area contributed by atoms with Gasteiger partial charge in [0.25, 0.3) is 0 Å². The molecule has 1 nitrogen and oxygen atoms in total. The van der Waals surface area contributed by atoms with E-state index < -0.39 is 0 Å². The summed E-state index contributed by atoms with van der Waals surface area (Å²) in [6.45, 7) is 4.00. The topological polar surface area (TPSA) is 26.0 Å². The predicted octanol–water partition coefficient (Wildman–Crippen LogP) is 4.02. The first-order valence-electron chi connectivity index (χ1n) is 4.75. The summed E-state index contributed by atoms with van der Waals surface area (Å²) in [6, 6.07) is 10.00. The number of para-hydroxylation sites is 1. The molecule has 14 heavy (non-hydrogen) atoms. The fourth-order valence-electron chi connectivity index (χ4n) is 1.18. The zero-order chi connectivity index (χ0) is 10.4. The molecule has 0 saturated heterocycles. The summed E-state index contributed by atoms with van der Waals surface area (Å²) in [5.74, 6) is 0. The zero-order valence-electron chi connectivity index (χ0n) is 8.53. The van der Waals surface area contributed by atoms with E-state index in [2.05, 4.69) is 16.8 Å². The molecule has 0 radical (unpaired) electrons. The summed E-state index contributed by atoms with van der Waals surface area (Å²) >= 11 is 1.69. The minimum Gasteiger partial charge on any atom is -0.398 e. The standard InChI is InChI=1S/C10H9NS.C2H6/c11-10-4-2-1-3-9(10)8-5-6-12-7-8;1-2/h1-7H,11H2;1-2H3. The van der Waals surface area contributed by atoms with Gasteiger partial charge in [0.05, 0.1) is 0 Å². The van der Waals surface area contributed by atoms with E-state index in [1.54, 1.807) is 11.3 Å². The molecule has 0 fully saturated rings. The van der Waals surface area contributed by atoms with Gasteiger partial charge in [0.2, 0.25) is 0 Å². The van der Waals surface area contributed by atoms with Crippen LogP contribution < -0.4 is 5.73 Å². The number of hydrogen-bond acceptors (Lipinski definition) is 2. The van der Waals surface area contributed by atoms with Crippen molar-refractivity contribution >= 4 is 17.0 Å². The lowest BCUT2D eigenvalue weighted by molar-refractivity contribution is 1.50. The average molecular weight is 205 g/mol. The normalized spacial score (nSPS) is 9.00. The summed E-state index contributed by atoms with van der Waals surface area (Å²) in [5, 5.41) is 4.16. The van der Waals surface area contributed by atoms with Crippen LogP contribution in [0.4, 0.5) is 5.69 Å². The Hall–Kier alpha value is -1.28. The van der Waals surface area contributed by atoms with Crippen LogP contribution in [-0.4, -0.2) is 0 Å². The van der Waals surface area contributed by atoms with Crippen molar-refractivity contribution in [2.45, 2.75) is 13.8 Å². The molecule has 0 aliphatic carbocycles. The SMILES string of the molecule is CC.Nc1ccccc1-c1ccsc1. The first-order chi connectivity index (χ1) is 6.88. The van der Waals surface area contributed by atoms with Crippen LogP contribution in [0.15, 0.2) is 41.1 Å². The van der Waals surface area contributed by atoms with Gasteiger partial charge in [-0.25, -0.2) is 0 Å². The molecule has 2 N–H and O–H groups in total. The fraction of sp³-hybridized carbons (Fsp3) is 0.167. The van der Waals surface area contributed by atoms with E-state index in [4.69, 9.17) is 5.73 Å². The number of benzene rings is 1. The fourth-order valence-corrected chi connectivity index (χ4v) is 1.83. The molecular weight excluding hydrogens is 190 g/mol. The van der Waals surface area contributed by atoms with Crippen LogP contribution in [0.25, 0.3) is 11.1 Å². The van der Waals surface area contributed by atoms with E-state index in [0.717, 1.165) is 11.3 Å². The van der Waals surface area contributed by atoms with Crippen molar-refractivity contribution in [2.75, 3.05) is 5.73 Å². The van der Waals surface area contributed by atoms with Gasteiger partial charge >= 0.3 is 0 Å². The highest BCUT2D eigenvalue weighted by atomic mass is 32.1. The van der Waals surface area contributed by atoms with E-state index in [1.807, 2.05) is 38.1 Å². The second kappa shape index (κ2) is 5.45. The summed E-state index contributed by atoms with van der Waals surface area (Å²) in [5.41, 5.74) is 8.99. The number of rotatable bonds is 1. The van der Waals surface area contributed by atoms with Crippen LogP contribution >= 0.6 is 11.3 Å². The van der Waals surface area contributed by atoms with Gasteiger partial charge in [0.1, 0.15) is 0 Å². The third-order valence-corrected chi connectivity index (χ3v) is 2.48. The number of nitrogen functional groups attached to an aromatic ring is 1. The van der Waals surface area contributed by atoms with E-state index in [-0.39, 0.29) is 0 Å². The first kappa shape index (κ1) is 10.8. The van der Waals surface area contributed by atoms with Crippen molar-refractivity contribution in [2.24, 2.45) is 0 Å². The summed E-state index contributed by atoms with van der Waals surface area (Å²) < 4.78 is 0. The molecule has 0 amide bonds. The Morgan fingerprint density at radius 3 is 2.36 bits per heavy atom. The third kappa shape index (κ3) is 2.36. The van der Waals surface area contributed by atoms with E-state index in [0.29, 0.717) is 0 Å². The van der Waals surface area contributed by atoms with Gasteiger partial charge < -0.3 is 5.73 Å². The molecule has 1 heterocycles. The molecule has 2 rings (SSSR count). The number of hydrogen-bond donors (Lipinski definition) is 1. The van der Waals surface area contributed by atoms with E-state index in [1.165, 1.54) is 5.56 Å². The van der Waals surface area contributed by atoms with Gasteiger partial charge in [-0.15, -0.1) is 0 Å². The summed E-state index contributed by atoms with van der Waals surface area (Å²) in [4.78, 5) is 0. The Balaban J connectivity index is 0.000000461. The van der Waals surface area contributed by atoms with Crippen LogP contribution in [0.1, 0.15) is 13.8 Å². The zero-order valence-corrected chi connectivity index (χ0v) is 9.34.